The minimum atomic E-state index is 0.420. The summed E-state index contributed by atoms with van der Waals surface area (Å²) in [5.74, 6) is 2.16. The van der Waals surface area contributed by atoms with Crippen LogP contribution in [0.25, 0.3) is 0 Å². The van der Waals surface area contributed by atoms with E-state index < -0.39 is 0 Å². The molecule has 1 aliphatic carbocycles. The second-order valence-corrected chi connectivity index (χ2v) is 6.21. The first-order chi connectivity index (χ1) is 8.79. The molecule has 1 unspecified atom stereocenters. The number of thioether (sulfide) groups is 1. The molecule has 2 nitrogen and oxygen atoms in total. The van der Waals surface area contributed by atoms with E-state index >= 15 is 0 Å². The van der Waals surface area contributed by atoms with E-state index in [1.165, 1.54) is 42.0 Å². The Kier molecular flexibility index (Phi) is 5.51. The molecule has 1 atom stereocenters. The molecule has 3 heteroatoms. The first-order valence-corrected chi connectivity index (χ1v) is 8.10. The average molecular weight is 264 g/mol. The minimum Gasteiger partial charge on any atom is -0.310 e. The van der Waals surface area contributed by atoms with Gasteiger partial charge < -0.3 is 5.32 Å². The first kappa shape index (κ1) is 13.9. The Morgan fingerprint density at radius 3 is 2.94 bits per heavy atom. The molecule has 18 heavy (non-hydrogen) atoms. The summed E-state index contributed by atoms with van der Waals surface area (Å²) in [6, 6.07) is 4.78. The molecule has 1 aliphatic rings. The normalized spacial score (nSPS) is 18.1. The molecular formula is C15H24N2S. The summed E-state index contributed by atoms with van der Waals surface area (Å²) in [7, 11) is 0. The second kappa shape index (κ2) is 7.15. The summed E-state index contributed by atoms with van der Waals surface area (Å²) in [4.78, 5) is 4.48. The van der Waals surface area contributed by atoms with E-state index in [0.29, 0.717) is 6.04 Å². The van der Waals surface area contributed by atoms with Crippen LogP contribution in [0.5, 0.6) is 0 Å². The van der Waals surface area contributed by atoms with Crippen LogP contribution in [0.1, 0.15) is 51.1 Å². The van der Waals surface area contributed by atoms with Gasteiger partial charge in [0.1, 0.15) is 0 Å². The van der Waals surface area contributed by atoms with E-state index in [1.807, 2.05) is 18.0 Å². The van der Waals surface area contributed by atoms with Gasteiger partial charge in [-0.25, -0.2) is 4.98 Å². The topological polar surface area (TPSA) is 24.9 Å². The van der Waals surface area contributed by atoms with Gasteiger partial charge in [0.25, 0.3) is 0 Å². The van der Waals surface area contributed by atoms with Gasteiger partial charge >= 0.3 is 0 Å². The van der Waals surface area contributed by atoms with E-state index in [0.717, 1.165) is 12.5 Å². The van der Waals surface area contributed by atoms with E-state index in [1.54, 1.807) is 0 Å². The highest BCUT2D eigenvalue weighted by atomic mass is 32.2. The molecular weight excluding hydrogens is 240 g/mol. The van der Waals surface area contributed by atoms with Crippen LogP contribution in [-0.4, -0.2) is 17.3 Å². The van der Waals surface area contributed by atoms with Crippen molar-refractivity contribution < 1.29 is 0 Å². The summed E-state index contributed by atoms with van der Waals surface area (Å²) in [6.07, 6.45) is 7.63. The van der Waals surface area contributed by atoms with Crippen molar-refractivity contribution in [1.29, 1.82) is 0 Å². The van der Waals surface area contributed by atoms with Crippen LogP contribution in [0.2, 0.25) is 0 Å². The Bertz CT molecular complexity index is 361. The molecule has 0 radical (unpaired) electrons. The third kappa shape index (κ3) is 3.99. The van der Waals surface area contributed by atoms with Gasteiger partial charge in [0.2, 0.25) is 0 Å². The van der Waals surface area contributed by atoms with Gasteiger partial charge in [0, 0.05) is 18.0 Å². The highest BCUT2D eigenvalue weighted by Gasteiger charge is 2.15. The maximum atomic E-state index is 4.48. The average Bonchev–Trinajstić information content (AvgIpc) is 2.90. The highest BCUT2D eigenvalue weighted by molar-refractivity contribution is 7.99. The number of aromatic nitrogens is 1. The predicted molar refractivity (Wildman–Crippen MR) is 79.0 cm³/mol. The highest BCUT2D eigenvalue weighted by Crippen LogP contribution is 2.30. The third-order valence-electron chi connectivity index (χ3n) is 3.71. The molecule has 100 valence electrons. The maximum Gasteiger partial charge on any atom is 0.0963 e. The van der Waals surface area contributed by atoms with Crippen molar-refractivity contribution in [3.63, 3.8) is 0 Å². The van der Waals surface area contributed by atoms with Crippen molar-refractivity contribution in [3.8, 4) is 0 Å². The molecule has 0 spiro atoms. The third-order valence-corrected chi connectivity index (χ3v) is 4.87. The van der Waals surface area contributed by atoms with Gasteiger partial charge in [-0.2, -0.15) is 0 Å². The molecule has 0 saturated heterocycles. The van der Waals surface area contributed by atoms with Crippen LogP contribution in [-0.2, 0) is 0 Å². The standard InChI is InChI=1S/C15H24N2S/c1-3-16-12(2)14-8-9-17-15(10-14)18-11-13-6-4-5-7-13/h8-10,12-13,16H,3-7,11H2,1-2H3. The quantitative estimate of drug-likeness (QED) is 0.785. The number of nitrogens with zero attached hydrogens (tertiary/aromatic N) is 1. The van der Waals surface area contributed by atoms with Crippen molar-refractivity contribution >= 4 is 11.8 Å². The van der Waals surface area contributed by atoms with E-state index in [-0.39, 0.29) is 0 Å². The lowest BCUT2D eigenvalue weighted by Crippen LogP contribution is -2.17. The molecule has 1 saturated carbocycles. The molecule has 0 aromatic carbocycles. The lowest BCUT2D eigenvalue weighted by molar-refractivity contribution is 0.595. The lowest BCUT2D eigenvalue weighted by Gasteiger charge is -2.14. The molecule has 0 aliphatic heterocycles. The zero-order valence-corrected chi connectivity index (χ0v) is 12.3. The summed E-state index contributed by atoms with van der Waals surface area (Å²) in [5, 5.41) is 4.63. The van der Waals surface area contributed by atoms with Gasteiger partial charge in [-0.1, -0.05) is 19.8 Å². The van der Waals surface area contributed by atoms with Crippen LogP contribution >= 0.6 is 11.8 Å². The molecule has 1 heterocycles. The fourth-order valence-electron chi connectivity index (χ4n) is 2.58. The number of nitrogens with one attached hydrogen (secondary N) is 1. The van der Waals surface area contributed by atoms with E-state index in [9.17, 15) is 0 Å². The first-order valence-electron chi connectivity index (χ1n) is 7.11. The van der Waals surface area contributed by atoms with Gasteiger partial charge in [-0.05, 0) is 49.9 Å². The van der Waals surface area contributed by atoms with Gasteiger partial charge in [-0.3, -0.25) is 0 Å². The Morgan fingerprint density at radius 1 is 1.44 bits per heavy atom. The largest absolute Gasteiger partial charge is 0.310 e. The summed E-state index contributed by atoms with van der Waals surface area (Å²) < 4.78 is 0. The van der Waals surface area contributed by atoms with Crippen LogP contribution in [0.15, 0.2) is 23.4 Å². The molecule has 1 aromatic rings. The molecule has 0 amide bonds. The Labute approximate surface area is 115 Å². The van der Waals surface area contributed by atoms with Crippen molar-refractivity contribution in [2.75, 3.05) is 12.3 Å². The molecule has 2 rings (SSSR count). The van der Waals surface area contributed by atoms with Gasteiger partial charge in [-0.15, -0.1) is 11.8 Å². The van der Waals surface area contributed by atoms with E-state index in [4.69, 9.17) is 0 Å². The van der Waals surface area contributed by atoms with Crippen molar-refractivity contribution in [3.05, 3.63) is 23.9 Å². The minimum absolute atomic E-state index is 0.420. The number of hydrogen-bond acceptors (Lipinski definition) is 3. The number of pyridine rings is 1. The van der Waals surface area contributed by atoms with Crippen molar-refractivity contribution in [2.45, 2.75) is 50.6 Å². The van der Waals surface area contributed by atoms with Crippen LogP contribution in [0.4, 0.5) is 0 Å². The smallest absolute Gasteiger partial charge is 0.0963 e. The second-order valence-electron chi connectivity index (χ2n) is 5.17. The van der Waals surface area contributed by atoms with Gasteiger partial charge in [0.15, 0.2) is 0 Å². The SMILES string of the molecule is CCNC(C)c1ccnc(SCC2CCCC2)c1. The van der Waals surface area contributed by atoms with Crippen molar-refractivity contribution in [1.82, 2.24) is 10.3 Å². The maximum absolute atomic E-state index is 4.48. The summed E-state index contributed by atoms with van der Waals surface area (Å²) in [5.41, 5.74) is 1.35. The number of hydrogen-bond donors (Lipinski definition) is 1. The Hall–Kier alpha value is -0.540. The fraction of sp³-hybridized carbons (Fsp3) is 0.667. The zero-order valence-electron chi connectivity index (χ0n) is 11.5. The fourth-order valence-corrected chi connectivity index (χ4v) is 3.67. The van der Waals surface area contributed by atoms with E-state index in [2.05, 4.69) is 36.3 Å². The lowest BCUT2D eigenvalue weighted by atomic mass is 10.1. The molecule has 1 N–H and O–H groups in total. The summed E-state index contributed by atoms with van der Waals surface area (Å²) >= 11 is 1.93. The summed E-state index contributed by atoms with van der Waals surface area (Å²) in [6.45, 7) is 5.37. The molecule has 0 bridgehead atoms. The predicted octanol–water partition coefficient (Wildman–Crippen LogP) is 4.03. The van der Waals surface area contributed by atoms with Crippen LogP contribution in [0.3, 0.4) is 0 Å². The monoisotopic (exact) mass is 264 g/mol. The molecule has 1 aromatic heterocycles. The Morgan fingerprint density at radius 2 is 2.22 bits per heavy atom. The number of rotatable bonds is 6. The van der Waals surface area contributed by atoms with Crippen LogP contribution < -0.4 is 5.32 Å². The zero-order chi connectivity index (χ0) is 12.8. The molecule has 1 fully saturated rings. The van der Waals surface area contributed by atoms with Crippen molar-refractivity contribution in [2.24, 2.45) is 5.92 Å². The Balaban J connectivity index is 1.89. The van der Waals surface area contributed by atoms with Gasteiger partial charge in [0.05, 0.1) is 5.03 Å². The van der Waals surface area contributed by atoms with Crippen LogP contribution in [0, 0.1) is 5.92 Å².